The first-order valence-electron chi connectivity index (χ1n) is 4.25. The van der Waals surface area contributed by atoms with Gasteiger partial charge < -0.3 is 9.88 Å². The Morgan fingerprint density at radius 3 is 2.36 bits per heavy atom. The fourth-order valence-electron chi connectivity index (χ4n) is 1.60. The van der Waals surface area contributed by atoms with E-state index < -0.39 is 7.14 Å². The maximum absolute atomic E-state index is 11.7. The van der Waals surface area contributed by atoms with Crippen LogP contribution in [0.1, 0.15) is 13.3 Å². The third-order valence-electron chi connectivity index (χ3n) is 2.43. The normalized spacial score (nSPS) is 33.7. The summed E-state index contributed by atoms with van der Waals surface area (Å²) >= 11 is 0. The molecular weight excluding hydrogens is 157 g/mol. The van der Waals surface area contributed by atoms with Crippen LogP contribution < -0.4 is 5.32 Å². The molecule has 11 heavy (non-hydrogen) atoms. The van der Waals surface area contributed by atoms with Gasteiger partial charge in [-0.25, -0.2) is 0 Å². The minimum Gasteiger partial charge on any atom is -0.324 e. The second kappa shape index (κ2) is 3.28. The predicted octanol–water partition coefficient (Wildman–Crippen LogP) is 1.61. The molecule has 0 aromatic rings. The summed E-state index contributed by atoms with van der Waals surface area (Å²) in [4.78, 5) is 0. The van der Waals surface area contributed by atoms with Crippen molar-refractivity contribution in [2.75, 3.05) is 26.4 Å². The van der Waals surface area contributed by atoms with Crippen molar-refractivity contribution < 1.29 is 4.57 Å². The maximum atomic E-state index is 11.7. The number of rotatable bonds is 1. The van der Waals surface area contributed by atoms with E-state index in [1.165, 1.54) is 0 Å². The molecule has 3 heteroatoms. The Kier molecular flexibility index (Phi) is 2.77. The standard InChI is InChI=1S/C8H18NOP/c1-7-4-8(6-9-5-7)11(2,3)10/h7-9H,4-6H2,1-3H3. The lowest BCUT2D eigenvalue weighted by atomic mass is 10.0. The SMILES string of the molecule is CC1CNCC(P(C)(C)=O)C1. The Balaban J connectivity index is 2.53. The van der Waals surface area contributed by atoms with E-state index in [2.05, 4.69) is 12.2 Å². The molecule has 1 aliphatic heterocycles. The molecule has 0 radical (unpaired) electrons. The Bertz CT molecular complexity index is 175. The number of hydrogen-bond acceptors (Lipinski definition) is 2. The Morgan fingerprint density at radius 2 is 2.00 bits per heavy atom. The van der Waals surface area contributed by atoms with Crippen LogP contribution in [0, 0.1) is 5.92 Å². The molecule has 1 aliphatic rings. The molecule has 0 spiro atoms. The zero-order chi connectivity index (χ0) is 8.48. The van der Waals surface area contributed by atoms with Gasteiger partial charge >= 0.3 is 0 Å². The fraction of sp³-hybridized carbons (Fsp3) is 1.00. The number of nitrogens with one attached hydrogen (secondary N) is 1. The fourth-order valence-corrected chi connectivity index (χ4v) is 3.04. The van der Waals surface area contributed by atoms with E-state index in [0.717, 1.165) is 19.5 Å². The van der Waals surface area contributed by atoms with Crippen molar-refractivity contribution in [3.8, 4) is 0 Å². The Labute approximate surface area is 69.1 Å². The lowest BCUT2D eigenvalue weighted by Gasteiger charge is -2.30. The van der Waals surface area contributed by atoms with Gasteiger partial charge in [-0.2, -0.15) is 0 Å². The first-order chi connectivity index (χ1) is 5.00. The molecular formula is C8H18NOP. The van der Waals surface area contributed by atoms with E-state index in [1.54, 1.807) is 0 Å². The first kappa shape index (κ1) is 9.28. The average molecular weight is 175 g/mol. The lowest BCUT2D eigenvalue weighted by molar-refractivity contribution is 0.401. The molecule has 0 amide bonds. The molecule has 2 atom stereocenters. The van der Waals surface area contributed by atoms with Crippen LogP contribution in [0.2, 0.25) is 0 Å². The molecule has 1 heterocycles. The van der Waals surface area contributed by atoms with Gasteiger partial charge in [0.2, 0.25) is 0 Å². The van der Waals surface area contributed by atoms with E-state index in [-0.39, 0.29) is 0 Å². The highest BCUT2D eigenvalue weighted by atomic mass is 31.2. The Morgan fingerprint density at radius 1 is 1.36 bits per heavy atom. The molecule has 2 nitrogen and oxygen atoms in total. The van der Waals surface area contributed by atoms with Gasteiger partial charge in [-0.3, -0.25) is 0 Å². The van der Waals surface area contributed by atoms with Crippen LogP contribution in [0.15, 0.2) is 0 Å². The average Bonchev–Trinajstić information content (AvgIpc) is 1.86. The van der Waals surface area contributed by atoms with Crippen molar-refractivity contribution >= 4 is 7.14 Å². The lowest BCUT2D eigenvalue weighted by Crippen LogP contribution is -2.37. The Hall–Kier alpha value is 0.190. The van der Waals surface area contributed by atoms with Gasteiger partial charge in [-0.15, -0.1) is 0 Å². The highest BCUT2D eigenvalue weighted by Crippen LogP contribution is 2.45. The van der Waals surface area contributed by atoms with Gasteiger partial charge in [0.15, 0.2) is 0 Å². The van der Waals surface area contributed by atoms with Crippen LogP contribution in [0.4, 0.5) is 0 Å². The van der Waals surface area contributed by atoms with Gasteiger partial charge in [0, 0.05) is 12.2 Å². The summed E-state index contributed by atoms with van der Waals surface area (Å²) in [5.74, 6) is 0.696. The predicted molar refractivity (Wildman–Crippen MR) is 49.9 cm³/mol. The maximum Gasteiger partial charge on any atom is 0.0860 e. The largest absolute Gasteiger partial charge is 0.324 e. The summed E-state index contributed by atoms with van der Waals surface area (Å²) in [5.41, 5.74) is 0.422. The van der Waals surface area contributed by atoms with E-state index in [1.807, 2.05) is 13.3 Å². The quantitative estimate of drug-likeness (QED) is 0.613. The van der Waals surface area contributed by atoms with Crippen molar-refractivity contribution in [3.05, 3.63) is 0 Å². The molecule has 1 saturated heterocycles. The van der Waals surface area contributed by atoms with E-state index in [0.29, 0.717) is 11.6 Å². The minimum absolute atomic E-state index is 0.422. The molecule has 66 valence electrons. The summed E-state index contributed by atoms with van der Waals surface area (Å²) in [6.45, 7) is 8.06. The monoisotopic (exact) mass is 175 g/mol. The van der Waals surface area contributed by atoms with Crippen molar-refractivity contribution in [1.82, 2.24) is 5.32 Å². The van der Waals surface area contributed by atoms with Crippen LogP contribution in [-0.2, 0) is 4.57 Å². The van der Waals surface area contributed by atoms with Gasteiger partial charge in [-0.05, 0) is 32.2 Å². The third-order valence-corrected chi connectivity index (χ3v) is 4.58. The van der Waals surface area contributed by atoms with Crippen molar-refractivity contribution in [3.63, 3.8) is 0 Å². The highest BCUT2D eigenvalue weighted by Gasteiger charge is 2.27. The van der Waals surface area contributed by atoms with Crippen molar-refractivity contribution in [1.29, 1.82) is 0 Å². The molecule has 0 aliphatic carbocycles. The first-order valence-corrected chi connectivity index (χ1v) is 6.92. The highest BCUT2D eigenvalue weighted by molar-refractivity contribution is 7.63. The molecule has 2 unspecified atom stereocenters. The van der Waals surface area contributed by atoms with E-state index in [9.17, 15) is 4.57 Å². The summed E-state index contributed by atoms with van der Waals surface area (Å²) in [5, 5.41) is 3.32. The number of hydrogen-bond donors (Lipinski definition) is 1. The van der Waals surface area contributed by atoms with Crippen LogP contribution >= 0.6 is 7.14 Å². The van der Waals surface area contributed by atoms with Crippen LogP contribution in [0.5, 0.6) is 0 Å². The zero-order valence-corrected chi connectivity index (χ0v) is 8.53. The molecule has 0 bridgehead atoms. The molecule has 0 aromatic heterocycles. The van der Waals surface area contributed by atoms with Gasteiger partial charge in [0.05, 0.1) is 7.14 Å². The third kappa shape index (κ3) is 2.61. The van der Waals surface area contributed by atoms with Crippen molar-refractivity contribution in [2.24, 2.45) is 5.92 Å². The number of piperidine rings is 1. The molecule has 1 rings (SSSR count). The summed E-state index contributed by atoms with van der Waals surface area (Å²) in [6, 6.07) is 0. The van der Waals surface area contributed by atoms with Crippen molar-refractivity contribution in [2.45, 2.75) is 19.0 Å². The second-order valence-electron chi connectivity index (χ2n) is 4.09. The van der Waals surface area contributed by atoms with Gasteiger partial charge in [0.25, 0.3) is 0 Å². The van der Waals surface area contributed by atoms with E-state index >= 15 is 0 Å². The zero-order valence-electron chi connectivity index (χ0n) is 7.63. The van der Waals surface area contributed by atoms with Crippen LogP contribution in [0.3, 0.4) is 0 Å². The van der Waals surface area contributed by atoms with E-state index in [4.69, 9.17) is 0 Å². The molecule has 0 saturated carbocycles. The topological polar surface area (TPSA) is 29.1 Å². The minimum atomic E-state index is -1.84. The summed E-state index contributed by atoms with van der Waals surface area (Å²) < 4.78 is 11.7. The van der Waals surface area contributed by atoms with Gasteiger partial charge in [0.1, 0.15) is 0 Å². The second-order valence-corrected chi connectivity index (χ2v) is 7.69. The van der Waals surface area contributed by atoms with Gasteiger partial charge in [-0.1, -0.05) is 6.92 Å². The summed E-state index contributed by atoms with van der Waals surface area (Å²) in [6.07, 6.45) is 1.14. The van der Waals surface area contributed by atoms with Crippen LogP contribution in [0.25, 0.3) is 0 Å². The smallest absolute Gasteiger partial charge is 0.0860 e. The molecule has 1 fully saturated rings. The van der Waals surface area contributed by atoms with Crippen LogP contribution in [-0.4, -0.2) is 32.1 Å². The summed E-state index contributed by atoms with van der Waals surface area (Å²) in [7, 11) is -1.84. The molecule has 0 aromatic carbocycles. The molecule has 1 N–H and O–H groups in total.